The molecule has 2 heterocycles. The fraction of sp³-hybridized carbons (Fsp3) is 0.333. The Hall–Kier alpha value is -3.06. The summed E-state index contributed by atoms with van der Waals surface area (Å²) in [6.07, 6.45) is 2.29. The predicted molar refractivity (Wildman–Crippen MR) is 121 cm³/mol. The first-order chi connectivity index (χ1) is 15.1. The molecule has 1 amide bonds. The Morgan fingerprint density at radius 3 is 2.55 bits per heavy atom. The van der Waals surface area contributed by atoms with Gasteiger partial charge in [0, 0.05) is 17.5 Å². The molecule has 162 valence electrons. The molecule has 1 fully saturated rings. The van der Waals surface area contributed by atoms with Gasteiger partial charge in [0.15, 0.2) is 11.5 Å². The highest BCUT2D eigenvalue weighted by Crippen LogP contribution is 2.35. The van der Waals surface area contributed by atoms with E-state index in [1.54, 1.807) is 21.3 Å². The van der Waals surface area contributed by atoms with Gasteiger partial charge >= 0.3 is 0 Å². The standard InChI is InChI=1S/C24H26N2O4S/c1-28-19-9-6-16(7-10-19)20-5-4-12-26(20)23(27)14-18-15-31-24(25-18)17-8-11-21(29-2)22(13-17)30-3/h6-11,13,15,20H,4-5,12,14H2,1-3H3. The zero-order valence-corrected chi connectivity index (χ0v) is 18.8. The average Bonchev–Trinajstić information content (AvgIpc) is 3.48. The maximum Gasteiger partial charge on any atom is 0.229 e. The van der Waals surface area contributed by atoms with Crippen LogP contribution in [0.4, 0.5) is 0 Å². The number of hydrogen-bond acceptors (Lipinski definition) is 6. The predicted octanol–water partition coefficient (Wildman–Crippen LogP) is 4.74. The zero-order chi connectivity index (χ0) is 21.8. The van der Waals surface area contributed by atoms with Crippen molar-refractivity contribution >= 4 is 17.2 Å². The van der Waals surface area contributed by atoms with Crippen molar-refractivity contribution in [2.75, 3.05) is 27.9 Å². The number of carbonyl (C=O) groups excluding carboxylic acids is 1. The van der Waals surface area contributed by atoms with Crippen LogP contribution < -0.4 is 14.2 Å². The Labute approximate surface area is 186 Å². The normalized spacial score (nSPS) is 15.7. The Kier molecular flexibility index (Phi) is 6.42. The van der Waals surface area contributed by atoms with Gasteiger partial charge in [-0.3, -0.25) is 4.79 Å². The molecule has 1 unspecified atom stereocenters. The monoisotopic (exact) mass is 438 g/mol. The number of benzene rings is 2. The van der Waals surface area contributed by atoms with E-state index in [9.17, 15) is 4.79 Å². The third-order valence-corrected chi connectivity index (χ3v) is 6.53. The highest BCUT2D eigenvalue weighted by Gasteiger charge is 2.30. The molecule has 1 atom stereocenters. The van der Waals surface area contributed by atoms with Crippen molar-refractivity contribution in [2.24, 2.45) is 0 Å². The number of aromatic nitrogens is 1. The first-order valence-corrected chi connectivity index (χ1v) is 11.1. The van der Waals surface area contributed by atoms with E-state index in [2.05, 4.69) is 0 Å². The molecule has 0 spiro atoms. The van der Waals surface area contributed by atoms with Crippen LogP contribution in [0.15, 0.2) is 47.8 Å². The van der Waals surface area contributed by atoms with E-state index in [1.165, 1.54) is 11.3 Å². The van der Waals surface area contributed by atoms with Crippen LogP contribution in [0.1, 0.15) is 30.1 Å². The lowest BCUT2D eigenvalue weighted by atomic mass is 10.0. The topological polar surface area (TPSA) is 60.9 Å². The van der Waals surface area contributed by atoms with Crippen molar-refractivity contribution in [3.8, 4) is 27.8 Å². The number of thiazole rings is 1. The third kappa shape index (κ3) is 4.51. The van der Waals surface area contributed by atoms with Gasteiger partial charge in [-0.2, -0.15) is 0 Å². The molecule has 3 aromatic rings. The van der Waals surface area contributed by atoms with Crippen molar-refractivity contribution in [3.05, 3.63) is 59.1 Å². The fourth-order valence-electron chi connectivity index (χ4n) is 3.98. The second-order valence-corrected chi connectivity index (χ2v) is 8.27. The summed E-state index contributed by atoms with van der Waals surface area (Å²) < 4.78 is 15.9. The molecule has 0 saturated carbocycles. The largest absolute Gasteiger partial charge is 0.497 e. The minimum Gasteiger partial charge on any atom is -0.497 e. The molecule has 4 rings (SSSR count). The van der Waals surface area contributed by atoms with Crippen LogP contribution in [0.3, 0.4) is 0 Å². The summed E-state index contributed by atoms with van der Waals surface area (Å²) in [7, 11) is 4.88. The fourth-order valence-corrected chi connectivity index (χ4v) is 4.80. The van der Waals surface area contributed by atoms with E-state index >= 15 is 0 Å². The summed E-state index contributed by atoms with van der Waals surface area (Å²) >= 11 is 1.53. The molecule has 2 aromatic carbocycles. The number of hydrogen-bond donors (Lipinski definition) is 0. The number of nitrogens with zero attached hydrogens (tertiary/aromatic N) is 2. The van der Waals surface area contributed by atoms with Crippen molar-refractivity contribution in [3.63, 3.8) is 0 Å². The first-order valence-electron chi connectivity index (χ1n) is 10.2. The van der Waals surface area contributed by atoms with Crippen molar-refractivity contribution in [1.29, 1.82) is 0 Å². The average molecular weight is 439 g/mol. The van der Waals surface area contributed by atoms with Gasteiger partial charge in [0.1, 0.15) is 10.8 Å². The van der Waals surface area contributed by atoms with Gasteiger partial charge in [0.05, 0.1) is 39.5 Å². The molecular weight excluding hydrogens is 412 g/mol. The summed E-state index contributed by atoms with van der Waals surface area (Å²) in [4.78, 5) is 19.8. The van der Waals surface area contributed by atoms with Gasteiger partial charge in [-0.15, -0.1) is 11.3 Å². The van der Waals surface area contributed by atoms with Crippen LogP contribution >= 0.6 is 11.3 Å². The highest BCUT2D eigenvalue weighted by atomic mass is 32.1. The quantitative estimate of drug-likeness (QED) is 0.533. The molecular formula is C24H26N2O4S. The van der Waals surface area contributed by atoms with Crippen LogP contribution in [0.5, 0.6) is 17.2 Å². The molecule has 1 aliphatic rings. The molecule has 0 aliphatic carbocycles. The summed E-state index contributed by atoms with van der Waals surface area (Å²) in [5.74, 6) is 2.27. The number of ether oxygens (including phenoxy) is 3. The second kappa shape index (κ2) is 9.39. The minimum absolute atomic E-state index is 0.113. The van der Waals surface area contributed by atoms with E-state index in [0.717, 1.165) is 47.0 Å². The molecule has 0 radical (unpaired) electrons. The Morgan fingerprint density at radius 1 is 1.06 bits per heavy atom. The van der Waals surface area contributed by atoms with Crippen molar-refractivity contribution in [2.45, 2.75) is 25.3 Å². The van der Waals surface area contributed by atoms with Gasteiger partial charge in [0.25, 0.3) is 0 Å². The van der Waals surface area contributed by atoms with Gasteiger partial charge in [0.2, 0.25) is 5.91 Å². The van der Waals surface area contributed by atoms with E-state index < -0.39 is 0 Å². The summed E-state index contributed by atoms with van der Waals surface area (Å²) in [6.45, 7) is 0.780. The molecule has 1 aromatic heterocycles. The number of rotatable bonds is 7. The summed E-state index contributed by atoms with van der Waals surface area (Å²) in [6, 6.07) is 13.8. The molecule has 1 aliphatic heterocycles. The smallest absolute Gasteiger partial charge is 0.229 e. The van der Waals surface area contributed by atoms with Gasteiger partial charge in [-0.25, -0.2) is 4.98 Å². The Balaban J connectivity index is 1.47. The van der Waals surface area contributed by atoms with E-state index in [1.807, 2.05) is 52.7 Å². The lowest BCUT2D eigenvalue weighted by Crippen LogP contribution is -2.31. The van der Waals surface area contributed by atoms with E-state index in [-0.39, 0.29) is 11.9 Å². The number of methoxy groups -OCH3 is 3. The lowest BCUT2D eigenvalue weighted by molar-refractivity contribution is -0.131. The van der Waals surface area contributed by atoms with Gasteiger partial charge in [-0.05, 0) is 48.7 Å². The van der Waals surface area contributed by atoms with Crippen LogP contribution in [0.25, 0.3) is 10.6 Å². The second-order valence-electron chi connectivity index (χ2n) is 7.41. The number of likely N-dealkylation sites (tertiary alicyclic amines) is 1. The summed E-state index contributed by atoms with van der Waals surface area (Å²) in [5, 5.41) is 2.82. The lowest BCUT2D eigenvalue weighted by Gasteiger charge is -2.25. The molecule has 0 N–H and O–H groups in total. The maximum absolute atomic E-state index is 13.1. The summed E-state index contributed by atoms with van der Waals surface area (Å²) in [5.41, 5.74) is 2.88. The van der Waals surface area contributed by atoms with Gasteiger partial charge < -0.3 is 19.1 Å². The SMILES string of the molecule is COc1ccc(C2CCCN2C(=O)Cc2csc(-c3ccc(OC)c(OC)c3)n2)cc1. The first kappa shape index (κ1) is 21.2. The number of amides is 1. The van der Waals surface area contributed by atoms with E-state index in [4.69, 9.17) is 19.2 Å². The van der Waals surface area contributed by atoms with E-state index in [0.29, 0.717) is 17.9 Å². The maximum atomic E-state index is 13.1. The molecule has 6 nitrogen and oxygen atoms in total. The number of carbonyl (C=O) groups is 1. The Bertz CT molecular complexity index is 1050. The van der Waals surface area contributed by atoms with Crippen molar-refractivity contribution < 1.29 is 19.0 Å². The van der Waals surface area contributed by atoms with Crippen LogP contribution in [-0.4, -0.2) is 43.7 Å². The third-order valence-electron chi connectivity index (χ3n) is 5.59. The molecule has 0 bridgehead atoms. The molecule has 1 saturated heterocycles. The van der Waals surface area contributed by atoms with Crippen LogP contribution in [0, 0.1) is 0 Å². The van der Waals surface area contributed by atoms with Crippen LogP contribution in [-0.2, 0) is 11.2 Å². The highest BCUT2D eigenvalue weighted by molar-refractivity contribution is 7.13. The Morgan fingerprint density at radius 2 is 1.84 bits per heavy atom. The molecule has 7 heteroatoms. The van der Waals surface area contributed by atoms with Gasteiger partial charge in [-0.1, -0.05) is 12.1 Å². The molecule has 31 heavy (non-hydrogen) atoms. The van der Waals surface area contributed by atoms with Crippen LogP contribution in [0.2, 0.25) is 0 Å². The minimum atomic E-state index is 0.113. The van der Waals surface area contributed by atoms with Crippen molar-refractivity contribution in [1.82, 2.24) is 9.88 Å². The zero-order valence-electron chi connectivity index (χ0n) is 18.0.